The molecule has 0 unspecified atom stereocenters. The molecule has 4 rings (SSSR count). The Morgan fingerprint density at radius 1 is 1.11 bits per heavy atom. The Morgan fingerprint density at radius 3 is 2.44 bits per heavy atom. The van der Waals surface area contributed by atoms with Crippen LogP contribution in [0.2, 0.25) is 0 Å². The van der Waals surface area contributed by atoms with Gasteiger partial charge in [0, 0.05) is 12.4 Å². The Hall–Kier alpha value is -3.44. The molecule has 3 aromatic heterocycles. The zero-order valence-electron chi connectivity index (χ0n) is 14.0. The van der Waals surface area contributed by atoms with Gasteiger partial charge >= 0.3 is 0 Å². The van der Waals surface area contributed by atoms with E-state index in [0.29, 0.717) is 11.2 Å². The summed E-state index contributed by atoms with van der Waals surface area (Å²) in [5.74, 6) is 0.249. The van der Waals surface area contributed by atoms with E-state index in [1.165, 1.54) is 22.7 Å². The largest absolute Gasteiger partial charge is 0.294 e. The first-order chi connectivity index (χ1) is 12.9. The first-order valence-corrected chi connectivity index (χ1v) is 9.05. The van der Waals surface area contributed by atoms with Crippen LogP contribution in [0.5, 0.6) is 0 Å². The predicted octanol–water partition coefficient (Wildman–Crippen LogP) is 1.12. The minimum absolute atomic E-state index is 0.0741. The van der Waals surface area contributed by atoms with Crippen molar-refractivity contribution in [1.29, 1.82) is 0 Å². The first-order valence-electron chi connectivity index (χ1n) is 7.61. The van der Waals surface area contributed by atoms with Crippen molar-refractivity contribution in [1.82, 2.24) is 30.0 Å². The van der Waals surface area contributed by atoms with Crippen molar-refractivity contribution in [3.05, 3.63) is 70.8 Å². The average Bonchev–Trinajstić information content (AvgIpc) is 3.18. The second-order valence-electron chi connectivity index (χ2n) is 5.39. The van der Waals surface area contributed by atoms with E-state index >= 15 is 0 Å². The van der Waals surface area contributed by atoms with Gasteiger partial charge in [0.15, 0.2) is 0 Å². The summed E-state index contributed by atoms with van der Waals surface area (Å²) in [4.78, 5) is 16.3. The number of fused-ring (bicyclic) bond motifs is 1. The van der Waals surface area contributed by atoms with Gasteiger partial charge in [-0.1, -0.05) is 24.3 Å². The molecule has 10 nitrogen and oxygen atoms in total. The fraction of sp³-hybridized carbons (Fsp3) is 0.0625. The number of hydrogen-bond donors (Lipinski definition) is 2. The van der Waals surface area contributed by atoms with Gasteiger partial charge in [-0.2, -0.15) is 13.6 Å². The summed E-state index contributed by atoms with van der Waals surface area (Å²) in [5.41, 5.74) is 1.68. The van der Waals surface area contributed by atoms with Gasteiger partial charge in [-0.3, -0.25) is 13.7 Å². The van der Waals surface area contributed by atoms with E-state index in [9.17, 15) is 13.2 Å². The van der Waals surface area contributed by atoms with E-state index in [2.05, 4.69) is 25.6 Å². The number of benzene rings is 1. The molecular formula is C16H14N6O4S. The van der Waals surface area contributed by atoms with Crippen LogP contribution in [0.3, 0.4) is 0 Å². The lowest BCUT2D eigenvalue weighted by atomic mass is 10.2. The van der Waals surface area contributed by atoms with Gasteiger partial charge in [-0.15, -0.1) is 10.2 Å². The van der Waals surface area contributed by atoms with E-state index in [1.807, 2.05) is 13.0 Å². The molecule has 0 bridgehead atoms. The number of aryl methyl sites for hydroxylation is 1. The smallest absolute Gasteiger partial charge is 0.282 e. The summed E-state index contributed by atoms with van der Waals surface area (Å²) in [6.45, 7) is 1.90. The normalized spacial score (nSPS) is 11.0. The highest BCUT2D eigenvalue weighted by atomic mass is 32.2. The molecule has 1 aromatic carbocycles. The van der Waals surface area contributed by atoms with E-state index in [-0.39, 0.29) is 16.3 Å². The van der Waals surface area contributed by atoms with Gasteiger partial charge in [0.05, 0.1) is 4.90 Å². The summed E-state index contributed by atoms with van der Waals surface area (Å²) in [7, 11) is -4.00. The molecule has 0 amide bonds. The predicted molar refractivity (Wildman–Crippen MR) is 95.6 cm³/mol. The van der Waals surface area contributed by atoms with Crippen molar-refractivity contribution in [3.8, 4) is 11.4 Å². The van der Waals surface area contributed by atoms with Crippen LogP contribution in [0.25, 0.3) is 17.0 Å². The van der Waals surface area contributed by atoms with Gasteiger partial charge < -0.3 is 0 Å². The van der Waals surface area contributed by atoms with Crippen LogP contribution in [-0.2, 0) is 10.1 Å². The zero-order chi connectivity index (χ0) is 19.4. The molecule has 0 saturated carbocycles. The third-order valence-corrected chi connectivity index (χ3v) is 4.42. The lowest BCUT2D eigenvalue weighted by molar-refractivity contribution is 0.483. The molecule has 0 aliphatic rings. The van der Waals surface area contributed by atoms with Gasteiger partial charge in [0.1, 0.15) is 11.2 Å². The van der Waals surface area contributed by atoms with Crippen molar-refractivity contribution >= 4 is 15.8 Å². The number of tetrazole rings is 1. The highest BCUT2D eigenvalue weighted by molar-refractivity contribution is 7.85. The van der Waals surface area contributed by atoms with Crippen LogP contribution in [0.4, 0.5) is 0 Å². The Bertz CT molecular complexity index is 1220. The van der Waals surface area contributed by atoms with Crippen LogP contribution in [0.1, 0.15) is 5.56 Å². The quantitative estimate of drug-likeness (QED) is 0.488. The number of aromatic nitrogens is 6. The van der Waals surface area contributed by atoms with Crippen molar-refractivity contribution < 1.29 is 13.0 Å². The number of hydrogen-bond acceptors (Lipinski definition) is 7. The SMILES string of the molecule is Cc1cccn2c(=O)c(-c3nn[nH]n3)cnc12.O=S(=O)(O)c1ccccc1. The monoisotopic (exact) mass is 386 g/mol. The van der Waals surface area contributed by atoms with E-state index in [0.717, 1.165) is 5.56 Å². The number of H-pyrrole nitrogens is 1. The van der Waals surface area contributed by atoms with Crippen molar-refractivity contribution in [2.75, 3.05) is 0 Å². The van der Waals surface area contributed by atoms with Crippen molar-refractivity contribution in [2.45, 2.75) is 11.8 Å². The van der Waals surface area contributed by atoms with E-state index in [1.54, 1.807) is 30.5 Å². The second-order valence-corrected chi connectivity index (χ2v) is 6.81. The molecule has 3 heterocycles. The molecule has 0 fully saturated rings. The van der Waals surface area contributed by atoms with Crippen LogP contribution in [-0.4, -0.2) is 43.0 Å². The standard InChI is InChI=1S/C10H8N6O.C6H6O3S/c1-6-3-2-4-16-9(6)11-5-7(10(16)17)8-12-14-15-13-8;7-10(8,9)6-4-2-1-3-5-6/h2-5H,1H3,(H,12,13,14,15);1-5H,(H,7,8,9). The average molecular weight is 386 g/mol. The van der Waals surface area contributed by atoms with Gasteiger partial charge in [0.25, 0.3) is 15.7 Å². The molecule has 0 saturated heterocycles. The van der Waals surface area contributed by atoms with Crippen LogP contribution >= 0.6 is 0 Å². The topological polar surface area (TPSA) is 143 Å². The highest BCUT2D eigenvalue weighted by Gasteiger charge is 2.11. The Balaban J connectivity index is 0.000000180. The molecule has 0 atom stereocenters. The van der Waals surface area contributed by atoms with Gasteiger partial charge in [-0.25, -0.2) is 4.98 Å². The number of nitrogens with one attached hydrogen (secondary N) is 1. The van der Waals surface area contributed by atoms with E-state index < -0.39 is 10.1 Å². The molecule has 11 heteroatoms. The van der Waals surface area contributed by atoms with Gasteiger partial charge in [0.2, 0.25) is 5.82 Å². The first kappa shape index (κ1) is 18.4. The molecule has 0 aliphatic carbocycles. The number of rotatable bonds is 2. The van der Waals surface area contributed by atoms with Crippen molar-refractivity contribution in [2.24, 2.45) is 0 Å². The van der Waals surface area contributed by atoms with Crippen LogP contribution in [0.15, 0.2) is 64.5 Å². The molecule has 4 aromatic rings. The number of pyridine rings is 1. The molecule has 138 valence electrons. The highest BCUT2D eigenvalue weighted by Crippen LogP contribution is 2.09. The molecule has 0 radical (unpaired) electrons. The van der Waals surface area contributed by atoms with Crippen LogP contribution in [0, 0.1) is 6.92 Å². The third kappa shape index (κ3) is 4.04. The lowest BCUT2D eigenvalue weighted by Gasteiger charge is -2.03. The fourth-order valence-corrected chi connectivity index (χ4v) is 2.77. The molecule has 2 N–H and O–H groups in total. The lowest BCUT2D eigenvalue weighted by Crippen LogP contribution is -2.17. The second kappa shape index (κ2) is 7.43. The van der Waals surface area contributed by atoms with Crippen LogP contribution < -0.4 is 5.56 Å². The summed E-state index contributed by atoms with van der Waals surface area (Å²) in [6, 6.07) is 11.1. The maximum Gasteiger partial charge on any atom is 0.294 e. The van der Waals surface area contributed by atoms with Crippen molar-refractivity contribution in [3.63, 3.8) is 0 Å². The maximum absolute atomic E-state index is 12.2. The molecule has 27 heavy (non-hydrogen) atoms. The summed E-state index contributed by atoms with van der Waals surface area (Å²) >= 11 is 0. The number of aromatic amines is 1. The molecule has 0 spiro atoms. The third-order valence-electron chi connectivity index (χ3n) is 3.55. The Kier molecular flexibility index (Phi) is 5.05. The summed E-state index contributed by atoms with van der Waals surface area (Å²) in [5, 5.41) is 13.3. The van der Waals surface area contributed by atoms with E-state index in [4.69, 9.17) is 4.55 Å². The summed E-state index contributed by atoms with van der Waals surface area (Å²) < 4.78 is 30.7. The zero-order valence-corrected chi connectivity index (χ0v) is 14.8. The summed E-state index contributed by atoms with van der Waals surface area (Å²) in [6.07, 6.45) is 3.14. The Labute approximate surface area is 153 Å². The Morgan fingerprint density at radius 2 is 1.85 bits per heavy atom. The number of nitrogens with zero attached hydrogens (tertiary/aromatic N) is 5. The minimum atomic E-state index is -4.00. The molecular weight excluding hydrogens is 372 g/mol. The molecule has 0 aliphatic heterocycles. The fourth-order valence-electron chi connectivity index (χ4n) is 2.27. The van der Waals surface area contributed by atoms with Gasteiger partial charge in [-0.05, 0) is 35.9 Å². The minimum Gasteiger partial charge on any atom is -0.282 e. The maximum atomic E-state index is 12.2.